The molecule has 0 unspecified atom stereocenters. The van der Waals surface area contributed by atoms with E-state index in [0.29, 0.717) is 0 Å². The van der Waals surface area contributed by atoms with E-state index in [9.17, 15) is 20.1 Å². The van der Waals surface area contributed by atoms with Crippen molar-refractivity contribution in [3.63, 3.8) is 0 Å². The van der Waals surface area contributed by atoms with Gasteiger partial charge in [-0.2, -0.15) is 0 Å². The summed E-state index contributed by atoms with van der Waals surface area (Å²) in [6.45, 7) is 3.06. The molecule has 1 aliphatic heterocycles. The van der Waals surface area contributed by atoms with Crippen molar-refractivity contribution in [1.29, 1.82) is 0 Å². The third kappa shape index (κ3) is 5.02. The number of aliphatic carboxylic acids is 1. The van der Waals surface area contributed by atoms with Gasteiger partial charge in [0.2, 0.25) is 0 Å². The molecule has 0 aromatic carbocycles. The normalized spacial score (nSPS) is 25.3. The summed E-state index contributed by atoms with van der Waals surface area (Å²) in [6, 6.07) is -0.546. The Balaban J connectivity index is 0.00000312. The Morgan fingerprint density at radius 1 is 1.48 bits per heavy atom. The third-order valence-electron chi connectivity index (χ3n) is 4.13. The van der Waals surface area contributed by atoms with Crippen LogP contribution in [-0.2, 0) is 16.0 Å². The van der Waals surface area contributed by atoms with Crippen molar-refractivity contribution in [1.82, 2.24) is 15.0 Å². The van der Waals surface area contributed by atoms with Gasteiger partial charge in [-0.3, -0.25) is 0 Å². The fourth-order valence-corrected chi connectivity index (χ4v) is 2.77. The van der Waals surface area contributed by atoms with Gasteiger partial charge in [0.05, 0.1) is 18.3 Å². The van der Waals surface area contributed by atoms with Gasteiger partial charge >= 0.3 is 29.6 Å². The van der Waals surface area contributed by atoms with Crippen molar-refractivity contribution in [2.24, 2.45) is 5.92 Å². The summed E-state index contributed by atoms with van der Waals surface area (Å²) in [5.41, 5.74) is 0.770. The molecule has 134 valence electrons. The molecular formula is C15H22N3NaO6. The Kier molecular flexibility index (Phi) is 8.52. The van der Waals surface area contributed by atoms with Crippen LogP contribution >= 0.6 is 0 Å². The Morgan fingerprint density at radius 2 is 2.16 bits per heavy atom. The molecule has 0 spiro atoms. The minimum atomic E-state index is -1.53. The number of hydrogen-bond acceptors (Lipinski definition) is 8. The molecule has 0 bridgehead atoms. The summed E-state index contributed by atoms with van der Waals surface area (Å²) in [4.78, 5) is 11.2. The number of rotatable bonds is 7. The Bertz CT molecular complexity index is 608. The van der Waals surface area contributed by atoms with Crippen molar-refractivity contribution >= 4 is 5.97 Å². The number of aromatic nitrogens is 3. The van der Waals surface area contributed by atoms with Crippen LogP contribution < -0.4 is 34.7 Å². The van der Waals surface area contributed by atoms with E-state index in [4.69, 9.17) is 9.84 Å². The molecule has 1 aromatic heterocycles. The smallest absolute Gasteiger partial charge is 0.542 e. The third-order valence-corrected chi connectivity index (χ3v) is 4.13. The maximum Gasteiger partial charge on any atom is 1.00 e. The fraction of sp³-hybridized carbons (Fsp3) is 0.667. The van der Waals surface area contributed by atoms with Gasteiger partial charge < -0.3 is 30.0 Å². The van der Waals surface area contributed by atoms with Crippen molar-refractivity contribution < 1.29 is 59.5 Å². The number of aliphatic hydroxyl groups is 3. The van der Waals surface area contributed by atoms with Gasteiger partial charge in [-0.15, -0.1) is 5.10 Å². The Hall–Kier alpha value is -0.970. The summed E-state index contributed by atoms with van der Waals surface area (Å²) < 4.78 is 6.77. The van der Waals surface area contributed by atoms with E-state index in [1.54, 1.807) is 13.1 Å². The first-order valence-electron chi connectivity index (χ1n) is 7.86. The summed E-state index contributed by atoms with van der Waals surface area (Å²) in [7, 11) is 0. The number of allylic oxidation sites excluding steroid dienone is 1. The summed E-state index contributed by atoms with van der Waals surface area (Å²) in [5.74, 6) is -2.41. The number of carboxylic acids is 1. The van der Waals surface area contributed by atoms with Gasteiger partial charge in [0.25, 0.3) is 0 Å². The predicted molar refractivity (Wildman–Crippen MR) is 79.3 cm³/mol. The van der Waals surface area contributed by atoms with Crippen molar-refractivity contribution in [2.75, 3.05) is 6.61 Å². The summed E-state index contributed by atoms with van der Waals surface area (Å²) in [5, 5.41) is 48.1. The van der Waals surface area contributed by atoms with E-state index in [-0.39, 0.29) is 29.6 Å². The van der Waals surface area contributed by atoms with Crippen LogP contribution in [0.1, 0.15) is 32.0 Å². The van der Waals surface area contributed by atoms with Crippen molar-refractivity contribution in [3.05, 3.63) is 23.7 Å². The molecule has 1 aromatic rings. The molecule has 0 saturated heterocycles. The molecule has 2 heterocycles. The monoisotopic (exact) mass is 363 g/mol. The first-order valence-corrected chi connectivity index (χ1v) is 7.86. The number of aliphatic hydroxyl groups excluding tert-OH is 3. The molecule has 0 saturated carbocycles. The number of hydrogen-bond donors (Lipinski definition) is 3. The molecule has 0 fully saturated rings. The van der Waals surface area contributed by atoms with E-state index >= 15 is 0 Å². The zero-order valence-corrected chi connectivity index (χ0v) is 16.6. The molecule has 9 nitrogen and oxygen atoms in total. The number of nitrogens with zero attached hydrogens (tertiary/aromatic N) is 3. The molecule has 3 N–H and O–H groups in total. The second-order valence-electron chi connectivity index (χ2n) is 5.93. The standard InChI is InChI=1S/C15H23N3O6.Na/c1-3-4-9-6-18(17-16-9)10-5-12(15(22)23)24-14(8(10)2)13(21)11(20)7-19;/h5-6,8,10-11,13-14,19-21H,3-4,7H2,1-2H3,(H,22,23);/q;+1/p-1/t8-,10+,11-,13-,14-;/m1./s1. The minimum absolute atomic E-state index is 0. The van der Waals surface area contributed by atoms with E-state index in [2.05, 4.69) is 10.3 Å². The van der Waals surface area contributed by atoms with Crippen LogP contribution in [0.15, 0.2) is 18.0 Å². The molecule has 0 amide bonds. The van der Waals surface area contributed by atoms with E-state index in [1.807, 2.05) is 6.92 Å². The van der Waals surface area contributed by atoms with Crippen LogP contribution in [0.2, 0.25) is 0 Å². The Labute approximate surface area is 167 Å². The molecule has 10 heteroatoms. The molecule has 0 radical (unpaired) electrons. The van der Waals surface area contributed by atoms with Crippen LogP contribution in [0.3, 0.4) is 0 Å². The molecule has 25 heavy (non-hydrogen) atoms. The average molecular weight is 363 g/mol. The van der Waals surface area contributed by atoms with E-state index < -0.39 is 48.6 Å². The topological polar surface area (TPSA) is 141 Å². The maximum absolute atomic E-state index is 11.2. The minimum Gasteiger partial charge on any atom is -0.542 e. The first kappa shape index (κ1) is 22.1. The number of aryl methyl sites for hydroxylation is 1. The van der Waals surface area contributed by atoms with Gasteiger partial charge in [-0.05, 0) is 12.5 Å². The maximum atomic E-state index is 11.2. The second-order valence-corrected chi connectivity index (χ2v) is 5.93. The largest absolute Gasteiger partial charge is 1.00 e. The number of carbonyl (C=O) groups is 1. The van der Waals surface area contributed by atoms with Gasteiger partial charge in [0, 0.05) is 12.1 Å². The van der Waals surface area contributed by atoms with Crippen LogP contribution in [0.4, 0.5) is 0 Å². The molecule has 2 rings (SSSR count). The van der Waals surface area contributed by atoms with Crippen LogP contribution in [-0.4, -0.2) is 61.2 Å². The number of carboxylic acid groups (broad SMARTS) is 1. The second kappa shape index (κ2) is 9.65. The molecule has 0 aliphatic carbocycles. The van der Waals surface area contributed by atoms with Crippen LogP contribution in [0.5, 0.6) is 0 Å². The quantitative estimate of drug-likeness (QED) is 0.410. The van der Waals surface area contributed by atoms with E-state index in [1.165, 1.54) is 10.8 Å². The Morgan fingerprint density at radius 3 is 2.72 bits per heavy atom. The molecule has 5 atom stereocenters. The fourth-order valence-electron chi connectivity index (χ4n) is 2.77. The van der Waals surface area contributed by atoms with Gasteiger partial charge in [0.1, 0.15) is 30.0 Å². The predicted octanol–water partition coefficient (Wildman–Crippen LogP) is -4.84. The van der Waals surface area contributed by atoms with E-state index in [0.717, 1.165) is 18.5 Å². The van der Waals surface area contributed by atoms with Crippen LogP contribution in [0.25, 0.3) is 0 Å². The van der Waals surface area contributed by atoms with Crippen molar-refractivity contribution in [3.8, 4) is 0 Å². The zero-order valence-electron chi connectivity index (χ0n) is 14.6. The zero-order chi connectivity index (χ0) is 17.9. The van der Waals surface area contributed by atoms with Crippen LogP contribution in [0, 0.1) is 5.92 Å². The number of carbonyl (C=O) groups excluding carboxylic acids is 1. The first-order chi connectivity index (χ1) is 11.4. The van der Waals surface area contributed by atoms with Gasteiger partial charge in [0.15, 0.2) is 0 Å². The van der Waals surface area contributed by atoms with Gasteiger partial charge in [-0.25, -0.2) is 4.68 Å². The SMILES string of the molecule is CCCc1cn([C@H]2C=C(C(=O)[O-])O[C@@H]([C@H](O)[C@H](O)CO)[C@@H]2C)nn1.[Na+]. The average Bonchev–Trinajstić information content (AvgIpc) is 3.02. The van der Waals surface area contributed by atoms with Crippen molar-refractivity contribution in [2.45, 2.75) is 51.0 Å². The summed E-state index contributed by atoms with van der Waals surface area (Å²) in [6.07, 6.45) is 0.731. The summed E-state index contributed by atoms with van der Waals surface area (Å²) >= 11 is 0. The van der Waals surface area contributed by atoms with Gasteiger partial charge in [-0.1, -0.05) is 25.5 Å². The molecule has 1 aliphatic rings. The number of ether oxygens (including phenoxy) is 1. The molecular weight excluding hydrogens is 341 g/mol.